The maximum absolute atomic E-state index is 12.8. The summed E-state index contributed by atoms with van der Waals surface area (Å²) in [5.74, 6) is 2.40. The second-order valence-electron chi connectivity index (χ2n) is 9.23. The van der Waals surface area contributed by atoms with Crippen LogP contribution in [0.2, 0.25) is 0 Å². The molecule has 30 heavy (non-hydrogen) atoms. The number of amides is 1. The third kappa shape index (κ3) is 6.09. The van der Waals surface area contributed by atoms with Crippen molar-refractivity contribution in [2.75, 3.05) is 26.7 Å². The van der Waals surface area contributed by atoms with Gasteiger partial charge in [0.2, 0.25) is 0 Å². The van der Waals surface area contributed by atoms with Crippen LogP contribution in [0, 0.1) is 5.92 Å². The lowest BCUT2D eigenvalue weighted by molar-refractivity contribution is 0.00928. The summed E-state index contributed by atoms with van der Waals surface area (Å²) in [4.78, 5) is 21.5. The van der Waals surface area contributed by atoms with Crippen LogP contribution in [-0.2, 0) is 17.8 Å². The monoisotopic (exact) mass is 419 g/mol. The molecule has 2 heterocycles. The largest absolute Gasteiger partial charge is 0.444 e. The van der Waals surface area contributed by atoms with E-state index in [2.05, 4.69) is 32.3 Å². The summed E-state index contributed by atoms with van der Waals surface area (Å²) >= 11 is 0. The van der Waals surface area contributed by atoms with Crippen LogP contribution in [0.15, 0.2) is 11.3 Å². The van der Waals surface area contributed by atoms with Gasteiger partial charge < -0.3 is 24.4 Å². The molecule has 3 rings (SSSR count). The van der Waals surface area contributed by atoms with Gasteiger partial charge in [-0.15, -0.1) is 10.2 Å². The minimum absolute atomic E-state index is 0.172. The topological polar surface area (TPSA) is 87.9 Å². The number of hydrogen-bond acceptors (Lipinski definition) is 5. The van der Waals surface area contributed by atoms with Crippen LogP contribution in [0.5, 0.6) is 0 Å². The Morgan fingerprint density at radius 1 is 1.30 bits per heavy atom. The average molecular weight is 420 g/mol. The molecule has 1 amide bonds. The minimum atomic E-state index is -0.468. The van der Waals surface area contributed by atoms with E-state index >= 15 is 0 Å². The molecule has 0 unspecified atom stereocenters. The molecule has 0 spiro atoms. The van der Waals surface area contributed by atoms with Gasteiger partial charge in [0.1, 0.15) is 11.9 Å². The van der Waals surface area contributed by atoms with Gasteiger partial charge in [0.15, 0.2) is 11.8 Å². The number of carbonyl (C=O) groups is 1. The summed E-state index contributed by atoms with van der Waals surface area (Å²) in [6.07, 6.45) is 5.84. The van der Waals surface area contributed by atoms with Gasteiger partial charge in [-0.2, -0.15) is 0 Å². The molecule has 1 saturated carbocycles. The molecular weight excluding hydrogens is 382 g/mol. The summed E-state index contributed by atoms with van der Waals surface area (Å²) in [5, 5.41) is 11.6. The fourth-order valence-corrected chi connectivity index (χ4v) is 3.83. The molecule has 9 nitrogen and oxygen atoms in total. The molecule has 1 aliphatic carbocycles. The zero-order valence-electron chi connectivity index (χ0n) is 19.1. The third-order valence-corrected chi connectivity index (χ3v) is 5.64. The first-order valence-electron chi connectivity index (χ1n) is 11.1. The van der Waals surface area contributed by atoms with Crippen LogP contribution in [0.4, 0.5) is 4.79 Å². The van der Waals surface area contributed by atoms with Crippen molar-refractivity contribution in [2.45, 2.75) is 78.1 Å². The van der Waals surface area contributed by atoms with Crippen molar-refractivity contribution < 1.29 is 9.53 Å². The van der Waals surface area contributed by atoms with E-state index in [4.69, 9.17) is 4.74 Å². The van der Waals surface area contributed by atoms with Crippen molar-refractivity contribution in [1.82, 2.24) is 29.9 Å². The molecular formula is C21H37N7O2. The van der Waals surface area contributed by atoms with Crippen molar-refractivity contribution in [3.05, 3.63) is 12.2 Å². The van der Waals surface area contributed by atoms with E-state index in [0.29, 0.717) is 12.5 Å². The van der Waals surface area contributed by atoms with Gasteiger partial charge in [-0.1, -0.05) is 0 Å². The third-order valence-electron chi connectivity index (χ3n) is 5.64. The van der Waals surface area contributed by atoms with Crippen molar-refractivity contribution >= 4 is 12.1 Å². The Hall–Kier alpha value is -2.32. The van der Waals surface area contributed by atoms with Crippen molar-refractivity contribution in [3.63, 3.8) is 0 Å². The maximum Gasteiger partial charge on any atom is 0.410 e. The number of piperidine rings is 1. The van der Waals surface area contributed by atoms with Crippen LogP contribution < -0.4 is 5.32 Å². The molecule has 1 aromatic heterocycles. The highest BCUT2D eigenvalue weighted by Gasteiger charge is 2.35. The lowest BCUT2D eigenvalue weighted by atomic mass is 10.0. The zero-order chi connectivity index (χ0) is 21.7. The Bertz CT molecular complexity index is 728. The Labute approximate surface area is 179 Å². The van der Waals surface area contributed by atoms with Crippen LogP contribution in [0.3, 0.4) is 0 Å². The Balaban J connectivity index is 1.55. The molecule has 1 aromatic rings. The highest BCUT2D eigenvalue weighted by atomic mass is 16.6. The molecule has 1 N–H and O–H groups in total. The number of aromatic nitrogens is 3. The van der Waals surface area contributed by atoms with Gasteiger partial charge >= 0.3 is 6.09 Å². The highest BCUT2D eigenvalue weighted by Crippen LogP contribution is 2.32. The van der Waals surface area contributed by atoms with Crippen molar-refractivity contribution in [2.24, 2.45) is 10.9 Å². The van der Waals surface area contributed by atoms with Crippen molar-refractivity contribution in [1.29, 1.82) is 0 Å². The van der Waals surface area contributed by atoms with Gasteiger partial charge in [0.25, 0.3) is 0 Å². The number of hydrogen-bond donors (Lipinski definition) is 1. The SMILES string of the molecule is CCn1cnnc1CNC(=NC)N1CCC(N(CC2CC2)C(=O)OC(C)(C)C)CC1. The van der Waals surface area contributed by atoms with Gasteiger partial charge in [-0.25, -0.2) is 4.79 Å². The van der Waals surface area contributed by atoms with Gasteiger partial charge in [0.05, 0.1) is 6.54 Å². The summed E-state index contributed by atoms with van der Waals surface area (Å²) in [7, 11) is 1.80. The molecule has 0 atom stereocenters. The quantitative estimate of drug-likeness (QED) is 0.563. The fraction of sp³-hybridized carbons (Fsp3) is 0.810. The minimum Gasteiger partial charge on any atom is -0.444 e. The number of rotatable bonds is 6. The Morgan fingerprint density at radius 2 is 2.00 bits per heavy atom. The molecule has 0 radical (unpaired) electrons. The molecule has 9 heteroatoms. The van der Waals surface area contributed by atoms with E-state index < -0.39 is 5.60 Å². The van der Waals surface area contributed by atoms with Gasteiger partial charge in [0, 0.05) is 39.3 Å². The van der Waals surface area contributed by atoms with E-state index in [1.54, 1.807) is 13.4 Å². The highest BCUT2D eigenvalue weighted by molar-refractivity contribution is 5.80. The predicted molar refractivity (Wildman–Crippen MR) is 116 cm³/mol. The maximum atomic E-state index is 12.8. The second-order valence-corrected chi connectivity index (χ2v) is 9.23. The van der Waals surface area contributed by atoms with Crippen LogP contribution in [-0.4, -0.2) is 74.9 Å². The number of aryl methyl sites for hydroxylation is 1. The first-order valence-corrected chi connectivity index (χ1v) is 11.1. The molecule has 0 aromatic carbocycles. The lowest BCUT2D eigenvalue weighted by Gasteiger charge is -2.40. The number of likely N-dealkylation sites (tertiary alicyclic amines) is 1. The lowest BCUT2D eigenvalue weighted by Crippen LogP contribution is -2.52. The molecule has 2 aliphatic rings. The normalized spacial score (nSPS) is 18.4. The standard InChI is InChI=1S/C21H37N7O2/c1-6-26-15-24-25-18(26)13-23-19(22-5)27-11-9-17(10-12-27)28(14-16-7-8-16)20(29)30-21(2,3)4/h15-17H,6-14H2,1-5H3,(H,22,23). The van der Waals surface area contributed by atoms with Gasteiger partial charge in [-0.3, -0.25) is 4.99 Å². The average Bonchev–Trinajstić information content (AvgIpc) is 3.41. The number of carbonyl (C=O) groups excluding carboxylic acids is 1. The van der Waals surface area contributed by atoms with Gasteiger partial charge in [-0.05, 0) is 59.3 Å². The summed E-state index contributed by atoms with van der Waals surface area (Å²) in [6.45, 7) is 11.8. The number of aliphatic imine (C=N–C) groups is 1. The van der Waals surface area contributed by atoms with E-state index in [9.17, 15) is 4.79 Å². The molecule has 2 fully saturated rings. The molecule has 168 valence electrons. The zero-order valence-corrected chi connectivity index (χ0v) is 19.1. The number of nitrogens with zero attached hydrogens (tertiary/aromatic N) is 6. The van der Waals surface area contributed by atoms with E-state index in [1.165, 1.54) is 12.8 Å². The first-order chi connectivity index (χ1) is 14.3. The molecule has 0 bridgehead atoms. The van der Waals surface area contributed by atoms with Crippen LogP contribution >= 0.6 is 0 Å². The fourth-order valence-electron chi connectivity index (χ4n) is 3.83. The smallest absolute Gasteiger partial charge is 0.410 e. The summed E-state index contributed by atoms with van der Waals surface area (Å²) in [6, 6.07) is 0.220. The first kappa shape index (κ1) is 22.4. The predicted octanol–water partition coefficient (Wildman–Crippen LogP) is 2.48. The van der Waals surface area contributed by atoms with E-state index in [-0.39, 0.29) is 12.1 Å². The van der Waals surface area contributed by atoms with Crippen molar-refractivity contribution in [3.8, 4) is 0 Å². The Kier molecular flexibility index (Phi) is 7.20. The second kappa shape index (κ2) is 9.66. The van der Waals surface area contributed by atoms with E-state index in [1.807, 2.05) is 30.2 Å². The number of ether oxygens (including phenoxy) is 1. The number of guanidine groups is 1. The van der Waals surface area contributed by atoms with E-state index in [0.717, 1.165) is 50.8 Å². The van der Waals surface area contributed by atoms with Crippen LogP contribution in [0.1, 0.15) is 59.2 Å². The molecule has 1 saturated heterocycles. The Morgan fingerprint density at radius 3 is 2.57 bits per heavy atom. The number of nitrogens with one attached hydrogen (secondary N) is 1. The van der Waals surface area contributed by atoms with Crippen LogP contribution in [0.25, 0.3) is 0 Å². The molecule has 1 aliphatic heterocycles. The summed E-state index contributed by atoms with van der Waals surface area (Å²) in [5.41, 5.74) is -0.468. The summed E-state index contributed by atoms with van der Waals surface area (Å²) < 4.78 is 7.72.